The molecule has 0 atom stereocenters. The van der Waals surface area contributed by atoms with Crippen LogP contribution in [0.1, 0.15) is 28.9 Å². The zero-order chi connectivity index (χ0) is 21.7. The van der Waals surface area contributed by atoms with Crippen LogP contribution in [0.3, 0.4) is 0 Å². The van der Waals surface area contributed by atoms with Gasteiger partial charge in [-0.1, -0.05) is 30.3 Å². The van der Waals surface area contributed by atoms with E-state index in [2.05, 4.69) is 4.98 Å². The molecule has 1 fully saturated rings. The van der Waals surface area contributed by atoms with Crippen LogP contribution in [-0.2, 0) is 21.6 Å². The van der Waals surface area contributed by atoms with Gasteiger partial charge in [0, 0.05) is 25.0 Å². The maximum atomic E-state index is 12.2. The third-order valence-electron chi connectivity index (χ3n) is 4.70. The topological polar surface area (TPSA) is 137 Å². The minimum absolute atomic E-state index is 0.0572. The molecule has 0 aliphatic carbocycles. The first-order chi connectivity index (χ1) is 14.2. The van der Waals surface area contributed by atoms with Crippen molar-refractivity contribution in [2.24, 2.45) is 5.92 Å². The molecule has 1 amide bonds. The van der Waals surface area contributed by atoms with Gasteiger partial charge in [0.1, 0.15) is 6.61 Å². The second-order valence-electron chi connectivity index (χ2n) is 6.80. The van der Waals surface area contributed by atoms with Gasteiger partial charge in [-0.05, 0) is 24.3 Å². The number of likely N-dealkylation sites (tertiary alicyclic amines) is 1. The third kappa shape index (κ3) is 5.68. The van der Waals surface area contributed by atoms with Gasteiger partial charge < -0.3 is 14.7 Å². The first kappa shape index (κ1) is 22.0. The number of amides is 1. The van der Waals surface area contributed by atoms with Crippen molar-refractivity contribution in [3.05, 3.63) is 47.0 Å². The number of aromatic nitrogens is 1. The Labute approximate surface area is 177 Å². The van der Waals surface area contributed by atoms with Crippen molar-refractivity contribution in [1.82, 2.24) is 9.88 Å². The van der Waals surface area contributed by atoms with Crippen molar-refractivity contribution in [2.45, 2.75) is 19.4 Å². The van der Waals surface area contributed by atoms with Crippen LogP contribution in [0.2, 0.25) is 0 Å². The van der Waals surface area contributed by atoms with Gasteiger partial charge >= 0.3 is 22.4 Å². The van der Waals surface area contributed by atoms with Gasteiger partial charge in [0.15, 0.2) is 5.69 Å². The molecule has 1 aromatic heterocycles. The monoisotopic (exact) mass is 455 g/mol. The van der Waals surface area contributed by atoms with Crippen molar-refractivity contribution in [3.63, 3.8) is 0 Å². The number of carbonyl (C=O) groups is 2. The maximum absolute atomic E-state index is 12.2. The smallest absolute Gasteiger partial charge is 0.410 e. The summed E-state index contributed by atoms with van der Waals surface area (Å²) >= 11 is 0.822. The Balaban J connectivity index is 1.55. The van der Waals surface area contributed by atoms with E-state index in [0.29, 0.717) is 30.2 Å². The summed E-state index contributed by atoms with van der Waals surface area (Å²) in [5, 5.41) is 10.1. The highest BCUT2D eigenvalue weighted by Gasteiger charge is 2.30. The number of hydrogen-bond acceptors (Lipinski definition) is 7. The number of aromatic carboxylic acids is 1. The normalized spacial score (nSPS) is 15.0. The van der Waals surface area contributed by atoms with Crippen LogP contribution in [0.4, 0.5) is 9.93 Å². The Kier molecular flexibility index (Phi) is 6.90. The number of carbonyl (C=O) groups excluding carboxylic acids is 1. The summed E-state index contributed by atoms with van der Waals surface area (Å²) in [5.41, 5.74) is 0.591. The summed E-state index contributed by atoms with van der Waals surface area (Å²) in [4.78, 5) is 28.5. The fraction of sp³-hybridized carbons (Fsp3) is 0.389. The van der Waals surface area contributed by atoms with E-state index in [9.17, 15) is 22.6 Å². The second kappa shape index (κ2) is 9.41. The Hall–Kier alpha value is -2.70. The summed E-state index contributed by atoms with van der Waals surface area (Å²) < 4.78 is 39.2. The lowest BCUT2D eigenvalue weighted by Gasteiger charge is -2.33. The molecule has 0 unspecified atom stereocenters. The molecule has 1 saturated heterocycles. The van der Waals surface area contributed by atoms with E-state index >= 15 is 0 Å². The minimum atomic E-state index is -4.62. The van der Waals surface area contributed by atoms with E-state index < -0.39 is 22.4 Å². The van der Waals surface area contributed by atoms with E-state index in [1.807, 2.05) is 30.3 Å². The molecule has 2 heterocycles. The Morgan fingerprint density at radius 1 is 1.23 bits per heavy atom. The highest BCUT2D eigenvalue weighted by atomic mass is 32.2. The molecule has 0 bridgehead atoms. The van der Waals surface area contributed by atoms with Crippen LogP contribution in [-0.4, -0.2) is 59.7 Å². The van der Waals surface area contributed by atoms with E-state index in [1.54, 1.807) is 4.90 Å². The van der Waals surface area contributed by atoms with Gasteiger partial charge in [-0.2, -0.15) is 8.42 Å². The van der Waals surface area contributed by atoms with E-state index in [-0.39, 0.29) is 29.9 Å². The minimum Gasteiger partial charge on any atom is -0.476 e. The molecule has 1 aliphatic heterocycles. The summed E-state index contributed by atoms with van der Waals surface area (Å²) in [6.07, 6.45) is 0.572. The number of nitrogens with zero attached hydrogens (tertiary/aromatic N) is 3. The number of benzene rings is 1. The maximum Gasteiger partial charge on any atom is 0.410 e. The Morgan fingerprint density at radius 3 is 2.47 bits per heavy atom. The molecular weight excluding hydrogens is 434 g/mol. The van der Waals surface area contributed by atoms with Crippen LogP contribution >= 0.6 is 11.3 Å². The number of ether oxygens (including phenoxy) is 1. The second-order valence-corrected chi connectivity index (χ2v) is 8.97. The first-order valence-electron chi connectivity index (χ1n) is 9.13. The first-order valence-corrected chi connectivity index (χ1v) is 11.4. The average Bonchev–Trinajstić information content (AvgIpc) is 3.20. The molecule has 0 spiro atoms. The van der Waals surface area contributed by atoms with Crippen molar-refractivity contribution in [1.29, 1.82) is 0 Å². The molecular formula is C18H21N3O7S2. The van der Waals surface area contributed by atoms with Gasteiger partial charge in [-0.3, -0.25) is 4.55 Å². The van der Waals surface area contributed by atoms with E-state index in [0.717, 1.165) is 16.9 Å². The molecule has 1 aromatic carbocycles. The van der Waals surface area contributed by atoms with E-state index in [4.69, 9.17) is 9.84 Å². The molecule has 2 N–H and O–H groups in total. The zero-order valence-electron chi connectivity index (χ0n) is 15.9. The number of hydrogen-bond donors (Lipinski definition) is 2. The number of rotatable bonds is 7. The SMILES string of the molecule is O=C(O)c1csc(N(CC2CCN(C(=O)OCc3ccccc3)CC2)S(=O)(=O)O)n1. The number of piperidine rings is 1. The van der Waals surface area contributed by atoms with Crippen LogP contribution in [0.5, 0.6) is 0 Å². The highest BCUT2D eigenvalue weighted by molar-refractivity contribution is 7.87. The van der Waals surface area contributed by atoms with Crippen LogP contribution in [0.25, 0.3) is 0 Å². The van der Waals surface area contributed by atoms with Gasteiger partial charge in [0.25, 0.3) is 0 Å². The molecule has 2 aromatic rings. The predicted molar refractivity (Wildman–Crippen MR) is 109 cm³/mol. The van der Waals surface area contributed by atoms with E-state index in [1.165, 1.54) is 5.38 Å². The molecule has 1 aliphatic rings. The van der Waals surface area contributed by atoms with Crippen molar-refractivity contribution < 1.29 is 32.4 Å². The molecule has 162 valence electrons. The lowest BCUT2D eigenvalue weighted by Crippen LogP contribution is -2.43. The quantitative estimate of drug-likeness (QED) is 0.608. The Bertz CT molecular complexity index is 986. The number of anilines is 1. The summed E-state index contributed by atoms with van der Waals surface area (Å²) in [7, 11) is -4.62. The molecule has 0 radical (unpaired) electrons. The molecule has 10 nitrogen and oxygen atoms in total. The highest BCUT2D eigenvalue weighted by Crippen LogP contribution is 2.27. The number of thiazole rings is 1. The average molecular weight is 456 g/mol. The van der Waals surface area contributed by atoms with Gasteiger partial charge in [-0.15, -0.1) is 11.3 Å². The Morgan fingerprint density at radius 2 is 1.90 bits per heavy atom. The van der Waals surface area contributed by atoms with Crippen molar-refractivity contribution in [2.75, 3.05) is 23.9 Å². The van der Waals surface area contributed by atoms with Crippen LogP contribution in [0, 0.1) is 5.92 Å². The lowest BCUT2D eigenvalue weighted by atomic mass is 9.97. The fourth-order valence-corrected chi connectivity index (χ4v) is 4.85. The van der Waals surface area contributed by atoms with Crippen molar-refractivity contribution >= 4 is 38.8 Å². The molecule has 30 heavy (non-hydrogen) atoms. The fourth-order valence-electron chi connectivity index (χ4n) is 3.09. The molecule has 12 heteroatoms. The predicted octanol–water partition coefficient (Wildman–Crippen LogP) is 2.50. The van der Waals surface area contributed by atoms with Crippen LogP contribution < -0.4 is 4.31 Å². The third-order valence-corrected chi connectivity index (χ3v) is 6.56. The number of carboxylic acid groups (broad SMARTS) is 1. The van der Waals surface area contributed by atoms with Gasteiger partial charge in [-0.25, -0.2) is 18.9 Å². The standard InChI is InChI=1S/C18H21N3O7S2/c22-16(23)15-12-29-17(19-15)21(30(25,26)27)10-13-6-8-20(9-7-13)18(24)28-11-14-4-2-1-3-5-14/h1-5,12-13H,6-11H2,(H,22,23)(H,25,26,27). The van der Waals surface area contributed by atoms with Gasteiger partial charge in [0.2, 0.25) is 5.13 Å². The largest absolute Gasteiger partial charge is 0.476 e. The summed E-state index contributed by atoms with van der Waals surface area (Å²) in [6.45, 7) is 0.885. The van der Waals surface area contributed by atoms with Crippen LogP contribution in [0.15, 0.2) is 35.7 Å². The summed E-state index contributed by atoms with van der Waals surface area (Å²) in [6, 6.07) is 9.31. The van der Waals surface area contributed by atoms with Gasteiger partial charge in [0.05, 0.1) is 0 Å². The molecule has 3 rings (SSSR count). The number of carboxylic acids is 1. The summed E-state index contributed by atoms with van der Waals surface area (Å²) in [5.74, 6) is -1.42. The zero-order valence-corrected chi connectivity index (χ0v) is 17.5. The molecule has 0 saturated carbocycles. The lowest BCUT2D eigenvalue weighted by molar-refractivity contribution is 0.0691. The van der Waals surface area contributed by atoms with Crippen molar-refractivity contribution in [3.8, 4) is 0 Å².